The lowest BCUT2D eigenvalue weighted by molar-refractivity contribution is -0.206. The first kappa shape index (κ1) is 19.9. The lowest BCUT2D eigenvalue weighted by Gasteiger charge is -2.41. The maximum Gasteiger partial charge on any atom is 0.336 e. The third-order valence-electron chi connectivity index (χ3n) is 4.23. The molecule has 1 fully saturated rings. The number of aliphatic carboxylic acids is 1. The highest BCUT2D eigenvalue weighted by atomic mass is 16.6. The summed E-state index contributed by atoms with van der Waals surface area (Å²) in [5.41, 5.74) is -1.09. The lowest BCUT2D eigenvalue weighted by atomic mass is 9.79. The zero-order chi connectivity index (χ0) is 19.3. The molecular weight excluding hydrogens is 344 g/mol. The van der Waals surface area contributed by atoms with Crippen LogP contribution in [0.4, 0.5) is 0 Å². The number of carbonyl (C=O) groups is 2. The number of aliphatic hydroxyl groups is 2. The van der Waals surface area contributed by atoms with Gasteiger partial charge in [-0.2, -0.15) is 0 Å². The molecule has 4 atom stereocenters. The van der Waals surface area contributed by atoms with Crippen molar-refractivity contribution < 1.29 is 39.5 Å². The summed E-state index contributed by atoms with van der Waals surface area (Å²) in [4.78, 5) is 23.6. The van der Waals surface area contributed by atoms with Crippen LogP contribution in [0.3, 0.4) is 0 Å². The topological polar surface area (TPSA) is 134 Å². The fraction of sp³-hybridized carbons (Fsp3) is 0.444. The van der Waals surface area contributed by atoms with E-state index in [1.165, 1.54) is 18.2 Å². The van der Waals surface area contributed by atoms with E-state index in [0.717, 1.165) is 6.08 Å². The van der Waals surface area contributed by atoms with Crippen molar-refractivity contribution in [2.24, 2.45) is 0 Å². The van der Waals surface area contributed by atoms with Gasteiger partial charge in [0.2, 0.25) is 0 Å². The number of phenols is 1. The van der Waals surface area contributed by atoms with Crippen LogP contribution < -0.4 is 0 Å². The Kier molecular flexibility index (Phi) is 6.36. The molecule has 142 valence electrons. The summed E-state index contributed by atoms with van der Waals surface area (Å²) in [6, 6.07) is 6.08. The van der Waals surface area contributed by atoms with Gasteiger partial charge in [-0.25, -0.2) is 9.59 Å². The van der Waals surface area contributed by atoms with Gasteiger partial charge in [0.25, 0.3) is 0 Å². The van der Waals surface area contributed by atoms with Gasteiger partial charge in [-0.15, -0.1) is 0 Å². The molecule has 0 radical (unpaired) electrons. The van der Waals surface area contributed by atoms with E-state index in [-0.39, 0.29) is 25.2 Å². The minimum atomic E-state index is -1.72. The number of hydrogen-bond acceptors (Lipinski definition) is 7. The molecule has 0 saturated heterocycles. The Morgan fingerprint density at radius 3 is 2.46 bits per heavy atom. The number of carboxylic acid groups (broad SMARTS) is 1. The van der Waals surface area contributed by atoms with Crippen molar-refractivity contribution in [3.8, 4) is 5.75 Å². The van der Waals surface area contributed by atoms with E-state index in [1.807, 2.05) is 0 Å². The number of benzene rings is 1. The Morgan fingerprint density at radius 1 is 1.23 bits per heavy atom. The minimum Gasteiger partial charge on any atom is -0.508 e. The third-order valence-corrected chi connectivity index (χ3v) is 4.23. The van der Waals surface area contributed by atoms with Gasteiger partial charge in [-0.05, 0) is 30.7 Å². The predicted octanol–water partition coefficient (Wildman–Crippen LogP) is 0.693. The molecule has 1 aliphatic carbocycles. The number of phenolic OH excluding ortho intramolecular Hbond substituents is 1. The lowest BCUT2D eigenvalue weighted by Crippen LogP contribution is -2.58. The molecule has 4 N–H and O–H groups in total. The van der Waals surface area contributed by atoms with Crippen molar-refractivity contribution in [3.05, 3.63) is 35.9 Å². The fourth-order valence-electron chi connectivity index (χ4n) is 2.92. The number of hydrogen-bond donors (Lipinski definition) is 4. The summed E-state index contributed by atoms with van der Waals surface area (Å²) in [6.07, 6.45) is -2.04. The van der Waals surface area contributed by atoms with E-state index in [1.54, 1.807) is 19.1 Å². The van der Waals surface area contributed by atoms with E-state index in [0.29, 0.717) is 5.56 Å². The second-order valence-electron chi connectivity index (χ2n) is 6.10. The molecule has 0 amide bonds. The van der Waals surface area contributed by atoms with Crippen LogP contribution in [0, 0.1) is 0 Å². The van der Waals surface area contributed by atoms with Crippen LogP contribution in [0.1, 0.15) is 25.3 Å². The molecular formula is C18H22O8. The minimum absolute atomic E-state index is 0.0879. The van der Waals surface area contributed by atoms with Crippen molar-refractivity contribution in [2.45, 2.75) is 43.7 Å². The summed E-state index contributed by atoms with van der Waals surface area (Å²) < 4.78 is 10.4. The first-order valence-corrected chi connectivity index (χ1v) is 8.18. The standard InChI is InChI=1S/C18H22O8/c1-2-25-18(17(23)24)9-13(20)16(22)14(10-18)26-15(21)8-5-11-3-6-12(19)7-4-11/h3-8,13-14,16,19-20,22H,2,9-10H2,1H3,(H,23,24)/b8-5+/t13-,14+,16+,18-/m0/s1. The van der Waals surface area contributed by atoms with Gasteiger partial charge in [-0.3, -0.25) is 0 Å². The van der Waals surface area contributed by atoms with Crippen molar-refractivity contribution in [1.82, 2.24) is 0 Å². The number of carbonyl (C=O) groups excluding carboxylic acids is 1. The van der Waals surface area contributed by atoms with Crippen LogP contribution in [0.15, 0.2) is 30.3 Å². The number of aromatic hydroxyl groups is 1. The summed E-state index contributed by atoms with van der Waals surface area (Å²) in [6.45, 7) is 1.71. The molecule has 0 bridgehead atoms. The van der Waals surface area contributed by atoms with E-state index < -0.39 is 35.9 Å². The monoisotopic (exact) mass is 366 g/mol. The molecule has 26 heavy (non-hydrogen) atoms. The van der Waals surface area contributed by atoms with Crippen LogP contribution in [-0.2, 0) is 19.1 Å². The highest BCUT2D eigenvalue weighted by molar-refractivity contribution is 5.87. The van der Waals surface area contributed by atoms with Gasteiger partial charge in [0.15, 0.2) is 5.60 Å². The molecule has 2 rings (SSSR count). The number of ether oxygens (including phenoxy) is 2. The normalized spacial score (nSPS) is 28.8. The number of rotatable bonds is 6. The predicted molar refractivity (Wildman–Crippen MR) is 90.3 cm³/mol. The van der Waals surface area contributed by atoms with Crippen LogP contribution >= 0.6 is 0 Å². The van der Waals surface area contributed by atoms with E-state index in [2.05, 4.69) is 0 Å². The first-order chi connectivity index (χ1) is 12.3. The van der Waals surface area contributed by atoms with E-state index >= 15 is 0 Å². The average molecular weight is 366 g/mol. The molecule has 0 aromatic heterocycles. The zero-order valence-corrected chi connectivity index (χ0v) is 14.2. The summed E-state index contributed by atoms with van der Waals surface area (Å²) in [5.74, 6) is -2.00. The third kappa shape index (κ3) is 4.60. The SMILES string of the molecule is CCO[C@@]1(C(=O)O)C[C@H](O)[C@@H](O)[C@H](OC(=O)/C=C/c2ccc(O)cc2)C1. The molecule has 1 saturated carbocycles. The van der Waals surface area contributed by atoms with Gasteiger partial charge in [0, 0.05) is 25.5 Å². The average Bonchev–Trinajstić information content (AvgIpc) is 2.59. The van der Waals surface area contributed by atoms with Crippen LogP contribution in [-0.4, -0.2) is 62.9 Å². The Hall–Kier alpha value is -2.42. The number of aliphatic hydroxyl groups excluding tert-OH is 2. The van der Waals surface area contributed by atoms with Gasteiger partial charge < -0.3 is 29.9 Å². The molecule has 1 aromatic carbocycles. The quantitative estimate of drug-likeness (QED) is 0.427. The van der Waals surface area contributed by atoms with Crippen LogP contribution in [0.2, 0.25) is 0 Å². The molecule has 1 aliphatic rings. The Balaban J connectivity index is 2.08. The molecule has 0 unspecified atom stereocenters. The zero-order valence-electron chi connectivity index (χ0n) is 14.2. The number of esters is 1. The summed E-state index contributed by atoms with van der Waals surface area (Å²) in [5, 5.41) is 38.7. The fourth-order valence-corrected chi connectivity index (χ4v) is 2.92. The van der Waals surface area contributed by atoms with E-state index in [9.17, 15) is 30.0 Å². The van der Waals surface area contributed by atoms with Gasteiger partial charge in [0.05, 0.1) is 6.10 Å². The highest BCUT2D eigenvalue weighted by Gasteiger charge is 2.52. The molecule has 8 nitrogen and oxygen atoms in total. The Morgan fingerprint density at radius 2 is 1.88 bits per heavy atom. The largest absolute Gasteiger partial charge is 0.508 e. The Bertz CT molecular complexity index is 668. The van der Waals surface area contributed by atoms with Crippen molar-refractivity contribution >= 4 is 18.0 Å². The molecule has 1 aromatic rings. The maximum absolute atomic E-state index is 12.0. The second kappa shape index (κ2) is 8.31. The van der Waals surface area contributed by atoms with Gasteiger partial charge in [-0.1, -0.05) is 12.1 Å². The first-order valence-electron chi connectivity index (χ1n) is 8.18. The summed E-state index contributed by atoms with van der Waals surface area (Å²) in [7, 11) is 0. The van der Waals surface area contributed by atoms with Crippen LogP contribution in [0.25, 0.3) is 6.08 Å². The molecule has 0 spiro atoms. The molecule has 8 heteroatoms. The maximum atomic E-state index is 12.0. The smallest absolute Gasteiger partial charge is 0.336 e. The summed E-state index contributed by atoms with van der Waals surface area (Å²) >= 11 is 0. The van der Waals surface area contributed by atoms with Crippen molar-refractivity contribution in [1.29, 1.82) is 0 Å². The highest BCUT2D eigenvalue weighted by Crippen LogP contribution is 2.34. The van der Waals surface area contributed by atoms with Crippen LogP contribution in [0.5, 0.6) is 5.75 Å². The molecule has 0 heterocycles. The molecule has 0 aliphatic heterocycles. The second-order valence-corrected chi connectivity index (χ2v) is 6.10. The van der Waals surface area contributed by atoms with Gasteiger partial charge >= 0.3 is 11.9 Å². The van der Waals surface area contributed by atoms with Crippen molar-refractivity contribution in [3.63, 3.8) is 0 Å². The van der Waals surface area contributed by atoms with Gasteiger partial charge in [0.1, 0.15) is 18.0 Å². The Labute approximate surface area is 150 Å². The van der Waals surface area contributed by atoms with Crippen molar-refractivity contribution in [2.75, 3.05) is 6.61 Å². The van der Waals surface area contributed by atoms with E-state index in [4.69, 9.17) is 9.47 Å². The number of carboxylic acids is 1.